The molecule has 0 bridgehead atoms. The van der Waals surface area contributed by atoms with Crippen molar-refractivity contribution in [3.8, 4) is 0 Å². The molecule has 114 valence electrons. The molecule has 0 radical (unpaired) electrons. The lowest BCUT2D eigenvalue weighted by Gasteiger charge is -2.10. The number of aromatic nitrogens is 3. The molecule has 1 aliphatic heterocycles. The number of rotatable bonds is 1. The van der Waals surface area contributed by atoms with Gasteiger partial charge in [0, 0.05) is 24.3 Å². The fraction of sp³-hybridized carbons (Fsp3) is 0.176. The first-order valence-electron chi connectivity index (χ1n) is 7.48. The Bertz CT molecular complexity index is 962. The minimum atomic E-state index is -0.338. The van der Waals surface area contributed by atoms with E-state index in [4.69, 9.17) is 0 Å². The molecule has 0 spiro atoms. The maximum Gasteiger partial charge on any atom is 0.281 e. The summed E-state index contributed by atoms with van der Waals surface area (Å²) in [6, 6.07) is 11.5. The molecule has 2 aromatic heterocycles. The number of hydrogen-bond acceptors (Lipinski definition) is 4. The van der Waals surface area contributed by atoms with Crippen LogP contribution in [-0.4, -0.2) is 27.0 Å². The molecule has 4 rings (SSSR count). The monoisotopic (exact) mass is 305 g/mol. The largest absolute Gasteiger partial charge is 0.369 e. The Morgan fingerprint density at radius 1 is 1.30 bits per heavy atom. The molecular weight excluding hydrogens is 290 g/mol. The lowest BCUT2D eigenvalue weighted by Crippen LogP contribution is -2.26. The lowest BCUT2D eigenvalue weighted by atomic mass is 10.2. The van der Waals surface area contributed by atoms with Gasteiger partial charge in [-0.2, -0.15) is 4.99 Å². The summed E-state index contributed by atoms with van der Waals surface area (Å²) < 4.78 is 1.98. The van der Waals surface area contributed by atoms with Gasteiger partial charge in [-0.25, -0.2) is 4.98 Å². The molecule has 6 heteroatoms. The number of nitrogens with zero attached hydrogens (tertiary/aromatic N) is 4. The lowest BCUT2D eigenvalue weighted by molar-refractivity contribution is 0.0996. The molecule has 0 unspecified atom stereocenters. The first kappa shape index (κ1) is 13.6. The normalized spacial score (nSPS) is 17.1. The van der Waals surface area contributed by atoms with Crippen molar-refractivity contribution < 1.29 is 4.79 Å². The summed E-state index contributed by atoms with van der Waals surface area (Å²) >= 11 is 0. The van der Waals surface area contributed by atoms with Crippen molar-refractivity contribution in [1.29, 1.82) is 0 Å². The number of fused-ring (bicyclic) bond motifs is 3. The Balaban J connectivity index is 1.95. The van der Waals surface area contributed by atoms with Crippen molar-refractivity contribution in [2.24, 2.45) is 4.99 Å². The highest BCUT2D eigenvalue weighted by molar-refractivity contribution is 5.95. The molecule has 0 aliphatic carbocycles. The van der Waals surface area contributed by atoms with Gasteiger partial charge in [-0.15, -0.1) is 0 Å². The van der Waals surface area contributed by atoms with Gasteiger partial charge in [-0.05, 0) is 31.2 Å². The van der Waals surface area contributed by atoms with E-state index in [0.29, 0.717) is 11.2 Å². The third-order valence-corrected chi connectivity index (χ3v) is 3.95. The standard InChI is InChI=1S/C17H15N5O/c1-11-9-19-15-13-6-2-3-7-14(13)20-17(22(11)15)21-16(23)12-5-4-8-18-10-12/h2-8,10-11,19H,9H2,1H3/t11-/m1/s1. The van der Waals surface area contributed by atoms with E-state index >= 15 is 0 Å². The zero-order valence-corrected chi connectivity index (χ0v) is 12.6. The molecule has 0 saturated heterocycles. The SMILES string of the molecule is C[C@@H]1CNc2c3ccccc3nc(=NC(=O)c3cccnc3)n21. The Morgan fingerprint density at radius 2 is 2.17 bits per heavy atom. The van der Waals surface area contributed by atoms with Crippen LogP contribution in [0, 0.1) is 0 Å². The quantitative estimate of drug-likeness (QED) is 0.748. The summed E-state index contributed by atoms with van der Waals surface area (Å²) in [4.78, 5) is 25.2. The van der Waals surface area contributed by atoms with Crippen molar-refractivity contribution in [1.82, 2.24) is 14.5 Å². The van der Waals surface area contributed by atoms with Crippen LogP contribution in [0.3, 0.4) is 0 Å². The molecule has 1 atom stereocenters. The van der Waals surface area contributed by atoms with Gasteiger partial charge in [-0.1, -0.05) is 12.1 Å². The maximum absolute atomic E-state index is 12.4. The highest BCUT2D eigenvalue weighted by atomic mass is 16.1. The highest BCUT2D eigenvalue weighted by Gasteiger charge is 2.21. The summed E-state index contributed by atoms with van der Waals surface area (Å²) in [5, 5.41) is 4.42. The van der Waals surface area contributed by atoms with E-state index in [-0.39, 0.29) is 11.9 Å². The van der Waals surface area contributed by atoms with Crippen LogP contribution in [0.1, 0.15) is 23.3 Å². The van der Waals surface area contributed by atoms with Crippen molar-refractivity contribution in [3.63, 3.8) is 0 Å². The predicted molar refractivity (Wildman–Crippen MR) is 87.1 cm³/mol. The van der Waals surface area contributed by atoms with Crippen molar-refractivity contribution in [2.45, 2.75) is 13.0 Å². The number of pyridine rings is 1. The second kappa shape index (κ2) is 5.31. The number of benzene rings is 1. The number of nitrogens with one attached hydrogen (secondary N) is 1. The van der Waals surface area contributed by atoms with Gasteiger partial charge in [0.05, 0.1) is 17.1 Å². The molecule has 0 fully saturated rings. The molecular formula is C17H15N5O. The highest BCUT2D eigenvalue weighted by Crippen LogP contribution is 2.27. The Kier molecular flexibility index (Phi) is 3.15. The predicted octanol–water partition coefficient (Wildman–Crippen LogP) is 2.16. The molecule has 6 nitrogen and oxygen atoms in total. The van der Waals surface area contributed by atoms with Gasteiger partial charge in [0.1, 0.15) is 5.82 Å². The summed E-state index contributed by atoms with van der Waals surface area (Å²) in [5.41, 5.74) is 1.69. The van der Waals surface area contributed by atoms with Gasteiger partial charge in [0.25, 0.3) is 5.91 Å². The van der Waals surface area contributed by atoms with Crippen LogP contribution in [-0.2, 0) is 0 Å². The van der Waals surface area contributed by atoms with Gasteiger partial charge in [0.15, 0.2) is 0 Å². The van der Waals surface area contributed by atoms with Crippen molar-refractivity contribution in [3.05, 3.63) is 60.0 Å². The Labute approximate surface area is 132 Å². The molecule has 3 aromatic rings. The minimum absolute atomic E-state index is 0.183. The Morgan fingerprint density at radius 3 is 3.00 bits per heavy atom. The van der Waals surface area contributed by atoms with E-state index in [1.807, 2.05) is 28.8 Å². The van der Waals surface area contributed by atoms with Gasteiger partial charge in [-0.3, -0.25) is 14.3 Å². The van der Waals surface area contributed by atoms with Gasteiger partial charge >= 0.3 is 0 Å². The topological polar surface area (TPSA) is 72.2 Å². The number of anilines is 1. The first-order chi connectivity index (χ1) is 11.2. The zero-order chi connectivity index (χ0) is 15.8. The third kappa shape index (κ3) is 2.28. The van der Waals surface area contributed by atoms with Crippen LogP contribution < -0.4 is 10.9 Å². The van der Waals surface area contributed by atoms with Crippen LogP contribution in [0.25, 0.3) is 10.9 Å². The fourth-order valence-electron chi connectivity index (χ4n) is 2.82. The second-order valence-corrected chi connectivity index (χ2v) is 5.54. The molecule has 23 heavy (non-hydrogen) atoms. The minimum Gasteiger partial charge on any atom is -0.369 e. The Hall–Kier alpha value is -3.02. The van der Waals surface area contributed by atoms with E-state index in [9.17, 15) is 4.79 Å². The number of carbonyl (C=O) groups is 1. The molecule has 3 heterocycles. The molecule has 1 N–H and O–H groups in total. The average Bonchev–Trinajstić information content (AvgIpc) is 2.98. The molecule has 1 amide bonds. The second-order valence-electron chi connectivity index (χ2n) is 5.54. The van der Waals surface area contributed by atoms with E-state index in [1.165, 1.54) is 6.20 Å². The van der Waals surface area contributed by atoms with Gasteiger partial charge in [0.2, 0.25) is 5.62 Å². The molecule has 1 aromatic carbocycles. The van der Waals surface area contributed by atoms with E-state index in [2.05, 4.69) is 27.2 Å². The van der Waals surface area contributed by atoms with Gasteiger partial charge < -0.3 is 5.32 Å². The van der Waals surface area contributed by atoms with E-state index < -0.39 is 0 Å². The number of carbonyl (C=O) groups excluding carboxylic acids is 1. The van der Waals surface area contributed by atoms with Crippen LogP contribution in [0.5, 0.6) is 0 Å². The smallest absolute Gasteiger partial charge is 0.281 e. The summed E-state index contributed by atoms with van der Waals surface area (Å²) in [6.07, 6.45) is 3.14. The zero-order valence-electron chi connectivity index (χ0n) is 12.6. The summed E-state index contributed by atoms with van der Waals surface area (Å²) in [7, 11) is 0. The van der Waals surface area contributed by atoms with Crippen LogP contribution in [0.15, 0.2) is 53.8 Å². The first-order valence-corrected chi connectivity index (χ1v) is 7.48. The van der Waals surface area contributed by atoms with Crippen molar-refractivity contribution >= 4 is 22.6 Å². The average molecular weight is 305 g/mol. The van der Waals surface area contributed by atoms with Crippen LogP contribution in [0.2, 0.25) is 0 Å². The summed E-state index contributed by atoms with van der Waals surface area (Å²) in [6.45, 7) is 2.87. The number of hydrogen-bond donors (Lipinski definition) is 1. The third-order valence-electron chi connectivity index (χ3n) is 3.95. The number of para-hydroxylation sites is 1. The van der Waals surface area contributed by atoms with E-state index in [1.54, 1.807) is 18.3 Å². The molecule has 1 aliphatic rings. The van der Waals surface area contributed by atoms with Crippen LogP contribution >= 0.6 is 0 Å². The fourth-order valence-corrected chi connectivity index (χ4v) is 2.82. The molecule has 0 saturated carbocycles. The maximum atomic E-state index is 12.4. The van der Waals surface area contributed by atoms with Crippen molar-refractivity contribution in [2.75, 3.05) is 11.9 Å². The summed E-state index contributed by atoms with van der Waals surface area (Å²) in [5.74, 6) is 0.621. The number of amides is 1. The van der Waals surface area contributed by atoms with Crippen LogP contribution in [0.4, 0.5) is 5.82 Å². The van der Waals surface area contributed by atoms with E-state index in [0.717, 1.165) is 23.3 Å².